The summed E-state index contributed by atoms with van der Waals surface area (Å²) in [6, 6.07) is 15.8. The number of aromatic nitrogens is 3. The van der Waals surface area contributed by atoms with Gasteiger partial charge >= 0.3 is 0 Å². The molecule has 0 radical (unpaired) electrons. The molecule has 3 saturated heterocycles. The van der Waals surface area contributed by atoms with Crippen LogP contribution in [0.25, 0.3) is 22.3 Å². The number of anilines is 1. The normalized spacial score (nSPS) is 26.6. The first-order valence-corrected chi connectivity index (χ1v) is 18.3. The van der Waals surface area contributed by atoms with E-state index in [9.17, 15) is 23.2 Å². The number of piperidine rings is 2. The number of carbonyl (C=O) groups is 3. The zero-order chi connectivity index (χ0) is 35.1. The monoisotopic (exact) mass is 695 g/mol. The minimum absolute atomic E-state index is 0.00942. The van der Waals surface area contributed by atoms with Crippen molar-refractivity contribution in [1.29, 1.82) is 0 Å². The third-order valence-electron chi connectivity index (χ3n) is 12.5. The highest BCUT2D eigenvalue weighted by molar-refractivity contribution is 6.01. The van der Waals surface area contributed by atoms with Gasteiger partial charge in [0.1, 0.15) is 5.69 Å². The predicted molar refractivity (Wildman–Crippen MR) is 189 cm³/mol. The topological polar surface area (TPSA) is 117 Å². The molecule has 266 valence electrons. The van der Waals surface area contributed by atoms with Crippen molar-refractivity contribution in [3.05, 3.63) is 70.9 Å². The Morgan fingerprint density at radius 2 is 1.73 bits per heavy atom. The van der Waals surface area contributed by atoms with E-state index in [-0.39, 0.29) is 23.6 Å². The number of nitrogens with one attached hydrogen (secondary N) is 3. The molecule has 3 aliphatic carbocycles. The number of amides is 3. The van der Waals surface area contributed by atoms with Crippen LogP contribution in [0.1, 0.15) is 78.0 Å². The molecular formula is C39H43F2N7O3. The van der Waals surface area contributed by atoms with Crippen LogP contribution in [0.2, 0.25) is 0 Å². The molecule has 10 nitrogen and oxygen atoms in total. The van der Waals surface area contributed by atoms with E-state index in [1.165, 1.54) is 5.69 Å². The first kappa shape index (κ1) is 32.3. The summed E-state index contributed by atoms with van der Waals surface area (Å²) in [4.78, 5) is 47.5. The Morgan fingerprint density at radius 1 is 0.961 bits per heavy atom. The standard InChI is InChI=1S/C39H43F2N7O3/c1-38-20-29(39(38,40)41)34-32(21-38)44-45-35(34)31-18-25-2-3-26(19-30(25)42-31)37(51)48-16-14-46(15-17-48)22-23-10-12-47(13-11-23)27-6-4-24(5-7-27)28-8-9-33(49)43-36(28)50/h2-7,18-19,23,28-29,42H,8-17,20-22H2,1H3,(H,44,45)(H,43,49,50)/t28?,29?,38-/m0/s1. The first-order valence-electron chi connectivity index (χ1n) is 18.3. The molecular weight excluding hydrogens is 652 g/mol. The Hall–Kier alpha value is -4.58. The van der Waals surface area contributed by atoms with Gasteiger partial charge in [-0.05, 0) is 67.5 Å². The van der Waals surface area contributed by atoms with Crippen LogP contribution in [0.15, 0.2) is 48.5 Å². The second kappa shape index (κ2) is 12.0. The molecule has 2 aromatic heterocycles. The number of hydrogen-bond acceptors (Lipinski definition) is 6. The van der Waals surface area contributed by atoms with Crippen molar-refractivity contribution >= 4 is 34.3 Å². The SMILES string of the molecule is C[C@@]12Cc3[nH]nc(-c4cc5ccc(C(=O)N6CCN(CC7CCN(c8ccc(C9CCC(=O)NC9=O)cc8)CC7)CC6)cc5[nH]4)c3C(C1)C2(F)F. The van der Waals surface area contributed by atoms with E-state index >= 15 is 0 Å². The maximum absolute atomic E-state index is 15.0. The molecule has 4 fully saturated rings. The van der Waals surface area contributed by atoms with Gasteiger partial charge in [-0.2, -0.15) is 5.10 Å². The van der Waals surface area contributed by atoms with Crippen LogP contribution in [-0.2, 0) is 16.0 Å². The Kier molecular flexibility index (Phi) is 7.61. The van der Waals surface area contributed by atoms with Crippen LogP contribution in [0.4, 0.5) is 14.5 Å². The van der Waals surface area contributed by atoms with Crippen LogP contribution in [0.5, 0.6) is 0 Å². The molecule has 3 atom stereocenters. The lowest BCUT2D eigenvalue weighted by molar-refractivity contribution is -0.220. The smallest absolute Gasteiger partial charge is 0.260 e. The van der Waals surface area contributed by atoms with Crippen molar-refractivity contribution in [2.24, 2.45) is 11.3 Å². The van der Waals surface area contributed by atoms with Crippen LogP contribution in [0.3, 0.4) is 0 Å². The highest BCUT2D eigenvalue weighted by atomic mass is 19.3. The van der Waals surface area contributed by atoms with Gasteiger partial charge in [0.25, 0.3) is 11.8 Å². The number of H-pyrrole nitrogens is 2. The zero-order valence-corrected chi connectivity index (χ0v) is 28.8. The Balaban J connectivity index is 0.774. The quantitative estimate of drug-likeness (QED) is 0.232. The molecule has 3 aliphatic heterocycles. The summed E-state index contributed by atoms with van der Waals surface area (Å²) in [5.74, 6) is -3.58. The van der Waals surface area contributed by atoms with Gasteiger partial charge in [0.2, 0.25) is 11.8 Å². The summed E-state index contributed by atoms with van der Waals surface area (Å²) in [5, 5.41) is 10.9. The summed E-state index contributed by atoms with van der Waals surface area (Å²) in [6.45, 7) is 7.71. The van der Waals surface area contributed by atoms with Crippen molar-refractivity contribution in [1.82, 2.24) is 30.3 Å². The fourth-order valence-electron chi connectivity index (χ4n) is 9.34. The minimum Gasteiger partial charge on any atom is -0.372 e. The Bertz CT molecular complexity index is 2020. The van der Waals surface area contributed by atoms with E-state index in [0.717, 1.165) is 67.7 Å². The number of carbonyl (C=O) groups excluding carboxylic acids is 3. The Morgan fingerprint density at radius 3 is 2.45 bits per heavy atom. The molecule has 51 heavy (non-hydrogen) atoms. The van der Waals surface area contributed by atoms with E-state index in [0.29, 0.717) is 67.2 Å². The highest BCUT2D eigenvalue weighted by Gasteiger charge is 2.70. The first-order chi connectivity index (χ1) is 24.6. The molecule has 6 aliphatic rings. The second-order valence-electron chi connectivity index (χ2n) is 15.7. The molecule has 2 unspecified atom stereocenters. The van der Waals surface area contributed by atoms with E-state index in [1.54, 1.807) is 6.92 Å². The minimum atomic E-state index is -2.73. The van der Waals surface area contributed by atoms with Gasteiger partial charge < -0.3 is 14.8 Å². The number of piperazine rings is 1. The number of hydrogen-bond donors (Lipinski definition) is 3. The number of nitrogens with zero attached hydrogens (tertiary/aromatic N) is 4. The number of aromatic amines is 2. The number of imide groups is 1. The summed E-state index contributed by atoms with van der Waals surface area (Å²) < 4.78 is 30.0. The molecule has 2 bridgehead atoms. The van der Waals surface area contributed by atoms with Gasteiger partial charge in [0.15, 0.2) is 0 Å². The van der Waals surface area contributed by atoms with E-state index in [1.807, 2.05) is 41.3 Å². The third kappa shape index (κ3) is 5.44. The second-order valence-corrected chi connectivity index (χ2v) is 15.7. The van der Waals surface area contributed by atoms with Crippen LogP contribution in [-0.4, -0.2) is 94.4 Å². The van der Waals surface area contributed by atoms with Gasteiger partial charge in [-0.15, -0.1) is 0 Å². The number of fused-ring (bicyclic) bond motifs is 1. The van der Waals surface area contributed by atoms with E-state index < -0.39 is 17.3 Å². The summed E-state index contributed by atoms with van der Waals surface area (Å²) in [5.41, 5.74) is 5.24. The molecule has 3 amide bonds. The van der Waals surface area contributed by atoms with Crippen molar-refractivity contribution in [2.45, 2.75) is 63.2 Å². The summed E-state index contributed by atoms with van der Waals surface area (Å²) >= 11 is 0. The molecule has 5 heterocycles. The molecule has 12 heteroatoms. The fraction of sp³-hybridized carbons (Fsp3) is 0.487. The lowest BCUT2D eigenvalue weighted by atomic mass is 9.51. The molecule has 4 aromatic rings. The lowest BCUT2D eigenvalue weighted by Crippen LogP contribution is -2.59. The number of alkyl halides is 2. The molecule has 10 rings (SSSR count). The van der Waals surface area contributed by atoms with Crippen molar-refractivity contribution in [3.8, 4) is 11.4 Å². The van der Waals surface area contributed by atoms with E-state index in [2.05, 4.69) is 42.4 Å². The van der Waals surface area contributed by atoms with Gasteiger partial charge in [0, 0.05) is 97.5 Å². The van der Waals surface area contributed by atoms with Crippen LogP contribution < -0.4 is 10.2 Å². The van der Waals surface area contributed by atoms with Crippen molar-refractivity contribution < 1.29 is 23.2 Å². The number of halogens is 2. The summed E-state index contributed by atoms with van der Waals surface area (Å²) in [7, 11) is 0. The average molecular weight is 696 g/mol. The average Bonchev–Trinajstić information content (AvgIpc) is 3.76. The maximum Gasteiger partial charge on any atom is 0.260 e. The van der Waals surface area contributed by atoms with Gasteiger partial charge in [0.05, 0.1) is 17.5 Å². The maximum atomic E-state index is 15.0. The molecule has 1 saturated carbocycles. The molecule has 0 spiro atoms. The van der Waals surface area contributed by atoms with Crippen LogP contribution in [0, 0.1) is 11.3 Å². The molecule has 2 aromatic carbocycles. The highest BCUT2D eigenvalue weighted by Crippen LogP contribution is 2.68. The third-order valence-corrected chi connectivity index (χ3v) is 12.5. The van der Waals surface area contributed by atoms with Crippen LogP contribution >= 0.6 is 0 Å². The number of benzene rings is 2. The Labute approximate surface area is 294 Å². The number of rotatable bonds is 6. The summed E-state index contributed by atoms with van der Waals surface area (Å²) in [6.07, 6.45) is 3.93. The lowest BCUT2D eigenvalue weighted by Gasteiger charge is -2.56. The van der Waals surface area contributed by atoms with Gasteiger partial charge in [-0.1, -0.05) is 25.1 Å². The van der Waals surface area contributed by atoms with Gasteiger partial charge in [-0.25, -0.2) is 8.78 Å². The van der Waals surface area contributed by atoms with Crippen molar-refractivity contribution in [2.75, 3.05) is 50.7 Å². The van der Waals surface area contributed by atoms with Crippen molar-refractivity contribution in [3.63, 3.8) is 0 Å². The predicted octanol–water partition coefficient (Wildman–Crippen LogP) is 5.44. The largest absolute Gasteiger partial charge is 0.372 e. The van der Waals surface area contributed by atoms with Gasteiger partial charge in [-0.3, -0.25) is 29.7 Å². The zero-order valence-electron chi connectivity index (χ0n) is 28.8. The van der Waals surface area contributed by atoms with E-state index in [4.69, 9.17) is 0 Å². The molecule has 3 N–H and O–H groups in total. The fourth-order valence-corrected chi connectivity index (χ4v) is 9.34.